The minimum atomic E-state index is -1.42. The second-order valence-electron chi connectivity index (χ2n) is 4.05. The SMILES string of the molecule is C[C@H]1CC(N)(C(=O)O)c2cc(Cl)ccc2O1. The van der Waals surface area contributed by atoms with Crippen molar-refractivity contribution in [1.29, 1.82) is 0 Å². The van der Waals surface area contributed by atoms with E-state index in [1.165, 1.54) is 0 Å². The van der Waals surface area contributed by atoms with E-state index < -0.39 is 11.5 Å². The fourth-order valence-corrected chi connectivity index (χ4v) is 2.15. The standard InChI is InChI=1S/C11H12ClNO3/c1-6-5-11(13,10(14)15)8-4-7(12)2-3-9(8)16-6/h2-4,6H,5,13H2,1H3,(H,14,15)/t6-,11?/m0/s1. The van der Waals surface area contributed by atoms with E-state index in [0.717, 1.165) is 0 Å². The Kier molecular flexibility index (Phi) is 2.56. The van der Waals surface area contributed by atoms with E-state index in [1.807, 2.05) is 0 Å². The van der Waals surface area contributed by atoms with Crippen LogP contribution in [0.3, 0.4) is 0 Å². The average Bonchev–Trinajstić information content (AvgIpc) is 2.19. The number of fused-ring (bicyclic) bond motifs is 1. The zero-order valence-corrected chi connectivity index (χ0v) is 9.49. The molecule has 5 heteroatoms. The van der Waals surface area contributed by atoms with E-state index in [4.69, 9.17) is 22.1 Å². The van der Waals surface area contributed by atoms with Crippen molar-refractivity contribution in [2.24, 2.45) is 5.73 Å². The predicted octanol–water partition coefficient (Wildman–Crippen LogP) is 1.75. The molecule has 1 aromatic rings. The number of carboxylic acids is 1. The normalized spacial score (nSPS) is 28.1. The molecule has 1 aliphatic rings. The first-order valence-electron chi connectivity index (χ1n) is 4.92. The first-order chi connectivity index (χ1) is 7.43. The number of halogens is 1. The van der Waals surface area contributed by atoms with Crippen molar-refractivity contribution in [3.63, 3.8) is 0 Å². The molecule has 4 nitrogen and oxygen atoms in total. The van der Waals surface area contributed by atoms with Crippen LogP contribution in [0.5, 0.6) is 5.75 Å². The summed E-state index contributed by atoms with van der Waals surface area (Å²) in [4.78, 5) is 11.3. The van der Waals surface area contributed by atoms with Crippen molar-refractivity contribution < 1.29 is 14.6 Å². The van der Waals surface area contributed by atoms with Crippen LogP contribution in [0, 0.1) is 0 Å². The van der Waals surface area contributed by atoms with Crippen molar-refractivity contribution >= 4 is 17.6 Å². The van der Waals surface area contributed by atoms with E-state index in [2.05, 4.69) is 0 Å². The Morgan fingerprint density at radius 2 is 2.38 bits per heavy atom. The van der Waals surface area contributed by atoms with Crippen LogP contribution in [0.2, 0.25) is 5.02 Å². The molecule has 16 heavy (non-hydrogen) atoms. The molecule has 1 unspecified atom stereocenters. The van der Waals surface area contributed by atoms with Gasteiger partial charge in [-0.05, 0) is 25.1 Å². The van der Waals surface area contributed by atoms with Crippen LogP contribution in [-0.2, 0) is 10.3 Å². The van der Waals surface area contributed by atoms with Gasteiger partial charge in [0, 0.05) is 17.0 Å². The van der Waals surface area contributed by atoms with E-state index in [-0.39, 0.29) is 12.5 Å². The van der Waals surface area contributed by atoms with Gasteiger partial charge in [-0.1, -0.05) is 11.6 Å². The summed E-state index contributed by atoms with van der Waals surface area (Å²) in [5.74, 6) is -0.570. The molecule has 0 radical (unpaired) electrons. The first kappa shape index (κ1) is 11.2. The fourth-order valence-electron chi connectivity index (χ4n) is 1.98. The van der Waals surface area contributed by atoms with Gasteiger partial charge in [0.05, 0.1) is 6.10 Å². The van der Waals surface area contributed by atoms with E-state index in [0.29, 0.717) is 16.3 Å². The zero-order valence-electron chi connectivity index (χ0n) is 8.74. The lowest BCUT2D eigenvalue weighted by Gasteiger charge is -2.35. The van der Waals surface area contributed by atoms with Crippen LogP contribution in [-0.4, -0.2) is 17.2 Å². The Morgan fingerprint density at radius 1 is 1.69 bits per heavy atom. The molecule has 0 saturated heterocycles. The molecule has 0 aliphatic carbocycles. The maximum absolute atomic E-state index is 11.3. The summed E-state index contributed by atoms with van der Waals surface area (Å²) in [5, 5.41) is 9.68. The number of hydrogen-bond donors (Lipinski definition) is 2. The third-order valence-electron chi connectivity index (χ3n) is 2.74. The molecule has 0 amide bonds. The molecule has 0 aromatic heterocycles. The van der Waals surface area contributed by atoms with Crippen molar-refractivity contribution in [2.75, 3.05) is 0 Å². The van der Waals surface area contributed by atoms with Gasteiger partial charge in [-0.3, -0.25) is 0 Å². The summed E-state index contributed by atoms with van der Waals surface area (Å²) in [6.45, 7) is 1.79. The molecule has 1 aliphatic heterocycles. The third kappa shape index (κ3) is 1.64. The maximum atomic E-state index is 11.3. The average molecular weight is 242 g/mol. The van der Waals surface area contributed by atoms with Gasteiger partial charge in [-0.15, -0.1) is 0 Å². The second-order valence-corrected chi connectivity index (χ2v) is 4.49. The van der Waals surface area contributed by atoms with Crippen LogP contribution in [0.4, 0.5) is 0 Å². The Morgan fingerprint density at radius 3 is 3.00 bits per heavy atom. The van der Waals surface area contributed by atoms with Gasteiger partial charge in [-0.25, -0.2) is 4.79 Å². The predicted molar refractivity (Wildman–Crippen MR) is 59.7 cm³/mol. The Bertz CT molecular complexity index is 449. The zero-order chi connectivity index (χ0) is 11.9. The fraction of sp³-hybridized carbons (Fsp3) is 0.364. The Hall–Kier alpha value is -1.26. The molecule has 0 fully saturated rings. The molecule has 1 heterocycles. The number of carbonyl (C=O) groups is 1. The number of aliphatic carboxylic acids is 1. The molecular formula is C11H12ClNO3. The monoisotopic (exact) mass is 241 g/mol. The summed E-state index contributed by atoms with van der Waals surface area (Å²) >= 11 is 5.84. The second kappa shape index (κ2) is 3.64. The van der Waals surface area contributed by atoms with E-state index in [9.17, 15) is 9.90 Å². The third-order valence-corrected chi connectivity index (χ3v) is 2.98. The highest BCUT2D eigenvalue weighted by atomic mass is 35.5. The van der Waals surface area contributed by atoms with Gasteiger partial charge < -0.3 is 15.6 Å². The van der Waals surface area contributed by atoms with Crippen molar-refractivity contribution in [3.8, 4) is 5.75 Å². The molecule has 0 bridgehead atoms. The highest BCUT2D eigenvalue weighted by Crippen LogP contribution is 2.39. The van der Waals surface area contributed by atoms with Crippen molar-refractivity contribution in [2.45, 2.75) is 25.0 Å². The van der Waals surface area contributed by atoms with Gasteiger partial charge in [-0.2, -0.15) is 0 Å². The smallest absolute Gasteiger partial charge is 0.328 e. The topological polar surface area (TPSA) is 72.6 Å². The lowest BCUT2D eigenvalue weighted by atomic mass is 9.83. The minimum absolute atomic E-state index is 0.227. The molecule has 2 rings (SSSR count). The number of hydrogen-bond acceptors (Lipinski definition) is 3. The molecular weight excluding hydrogens is 230 g/mol. The van der Waals surface area contributed by atoms with E-state index in [1.54, 1.807) is 25.1 Å². The van der Waals surface area contributed by atoms with Crippen LogP contribution in [0.1, 0.15) is 18.9 Å². The summed E-state index contributed by atoms with van der Waals surface area (Å²) in [6, 6.07) is 4.86. The summed E-state index contributed by atoms with van der Waals surface area (Å²) in [6.07, 6.45) is 0.00476. The number of carboxylic acid groups (broad SMARTS) is 1. The lowest BCUT2D eigenvalue weighted by molar-refractivity contribution is -0.145. The summed E-state index contributed by atoms with van der Waals surface area (Å²) < 4.78 is 5.53. The number of benzene rings is 1. The molecule has 3 N–H and O–H groups in total. The van der Waals surface area contributed by atoms with Gasteiger partial charge in [0.1, 0.15) is 11.3 Å². The lowest BCUT2D eigenvalue weighted by Crippen LogP contribution is -2.50. The highest BCUT2D eigenvalue weighted by molar-refractivity contribution is 6.30. The van der Waals surface area contributed by atoms with Crippen LogP contribution >= 0.6 is 11.6 Å². The number of nitrogens with two attached hydrogens (primary N) is 1. The van der Waals surface area contributed by atoms with Gasteiger partial charge >= 0.3 is 5.97 Å². The summed E-state index contributed by atoms with van der Waals surface area (Å²) in [7, 11) is 0. The molecule has 86 valence electrons. The van der Waals surface area contributed by atoms with Gasteiger partial charge in [0.25, 0.3) is 0 Å². The van der Waals surface area contributed by atoms with Crippen molar-refractivity contribution in [1.82, 2.24) is 0 Å². The van der Waals surface area contributed by atoms with Crippen molar-refractivity contribution in [3.05, 3.63) is 28.8 Å². The quantitative estimate of drug-likeness (QED) is 0.786. The molecule has 0 saturated carbocycles. The van der Waals surface area contributed by atoms with Gasteiger partial charge in [0.15, 0.2) is 0 Å². The van der Waals surface area contributed by atoms with Gasteiger partial charge in [0.2, 0.25) is 0 Å². The Balaban J connectivity index is 2.60. The molecule has 1 aromatic carbocycles. The molecule has 2 atom stereocenters. The minimum Gasteiger partial charge on any atom is -0.490 e. The Labute approximate surface area is 98.0 Å². The molecule has 0 spiro atoms. The maximum Gasteiger partial charge on any atom is 0.328 e. The first-order valence-corrected chi connectivity index (χ1v) is 5.30. The summed E-state index contributed by atoms with van der Waals surface area (Å²) in [5.41, 5.74) is 4.95. The largest absolute Gasteiger partial charge is 0.490 e. The van der Waals surface area contributed by atoms with Crippen LogP contribution in [0.15, 0.2) is 18.2 Å². The number of ether oxygens (including phenoxy) is 1. The number of rotatable bonds is 1. The van der Waals surface area contributed by atoms with Crippen LogP contribution < -0.4 is 10.5 Å². The van der Waals surface area contributed by atoms with E-state index >= 15 is 0 Å². The highest BCUT2D eigenvalue weighted by Gasteiger charge is 2.43. The van der Waals surface area contributed by atoms with Crippen LogP contribution in [0.25, 0.3) is 0 Å².